The number of aliphatic carboxylic acids is 3. The van der Waals surface area contributed by atoms with Crippen molar-refractivity contribution in [2.75, 3.05) is 26.2 Å². The molecule has 0 bridgehead atoms. The maximum absolute atomic E-state index is 10.1. The molecule has 194 valence electrons. The van der Waals surface area contributed by atoms with Gasteiger partial charge in [-0.3, -0.25) is 18.6 Å². The molecular formula is C18H40N3NaO10S. The molecule has 0 aromatic heterocycles. The van der Waals surface area contributed by atoms with Gasteiger partial charge < -0.3 is 37.1 Å². The second-order valence-corrected chi connectivity index (χ2v) is 7.26. The Bertz CT molecular complexity index is 518. The molecule has 9 N–H and O–H groups in total. The normalized spacial score (nSPS) is 9.48. The van der Waals surface area contributed by atoms with Crippen molar-refractivity contribution in [2.24, 2.45) is 17.2 Å². The molecule has 0 aromatic rings. The quantitative estimate of drug-likeness (QED) is 0.0572. The summed E-state index contributed by atoms with van der Waals surface area (Å²) in [6, 6.07) is 0. The number of rotatable bonds is 15. The topological polar surface area (TPSA) is 256 Å². The van der Waals surface area contributed by atoms with Gasteiger partial charge in [0.1, 0.15) is 0 Å². The van der Waals surface area contributed by atoms with E-state index in [0.717, 1.165) is 12.8 Å². The van der Waals surface area contributed by atoms with Gasteiger partial charge in [0.15, 0.2) is 0 Å². The van der Waals surface area contributed by atoms with Crippen LogP contribution in [0.25, 0.3) is 0 Å². The fraction of sp³-hybridized carbons (Fsp3) is 0.833. The number of nitrogens with two attached hydrogens (primary N) is 3. The molecule has 15 heteroatoms. The summed E-state index contributed by atoms with van der Waals surface area (Å²) in [7, 11) is -4.48. The molecule has 0 heterocycles. The minimum atomic E-state index is -4.48. The molecule has 33 heavy (non-hydrogen) atoms. The minimum absolute atomic E-state index is 0. The molecule has 0 radical (unpaired) electrons. The van der Waals surface area contributed by atoms with Crippen molar-refractivity contribution in [1.82, 2.24) is 0 Å². The second-order valence-electron chi connectivity index (χ2n) is 6.21. The zero-order valence-corrected chi connectivity index (χ0v) is 22.6. The summed E-state index contributed by atoms with van der Waals surface area (Å²) in [6.45, 7) is 1.41. The third-order valence-corrected chi connectivity index (χ3v) is 3.70. The summed E-state index contributed by atoms with van der Waals surface area (Å²) in [5.74, 6) is -2.90. The first kappa shape index (κ1) is 42.3. The monoisotopic (exact) mass is 513 g/mol. The van der Waals surface area contributed by atoms with E-state index in [2.05, 4.69) is 28.3 Å². The van der Waals surface area contributed by atoms with Crippen LogP contribution in [-0.2, 0) is 29.0 Å². The van der Waals surface area contributed by atoms with Crippen molar-refractivity contribution in [3.8, 4) is 0 Å². The first-order chi connectivity index (χ1) is 14.9. The van der Waals surface area contributed by atoms with Crippen LogP contribution in [0.4, 0.5) is 0 Å². The van der Waals surface area contributed by atoms with Crippen molar-refractivity contribution in [2.45, 2.75) is 71.1 Å². The van der Waals surface area contributed by atoms with Gasteiger partial charge in [-0.25, -0.2) is 8.42 Å². The third-order valence-electron chi connectivity index (χ3n) is 3.25. The Morgan fingerprint density at radius 2 is 0.939 bits per heavy atom. The molecule has 0 aliphatic carbocycles. The van der Waals surface area contributed by atoms with Crippen LogP contribution in [0.3, 0.4) is 0 Å². The molecule has 0 fully saturated rings. The Morgan fingerprint density at radius 3 is 1.15 bits per heavy atom. The first-order valence-electron chi connectivity index (χ1n) is 10.2. The van der Waals surface area contributed by atoms with E-state index in [1.165, 1.54) is 44.9 Å². The van der Waals surface area contributed by atoms with E-state index >= 15 is 0 Å². The van der Waals surface area contributed by atoms with Crippen LogP contribution in [0.1, 0.15) is 71.1 Å². The fourth-order valence-electron chi connectivity index (χ4n) is 1.75. The number of hydrogen-bond donors (Lipinski definition) is 6. The third kappa shape index (κ3) is 72.2. The van der Waals surface area contributed by atoms with E-state index < -0.39 is 28.3 Å². The number of carboxylic acids is 3. The minimum Gasteiger partial charge on any atom is -0.726 e. The number of unbranched alkanes of at least 4 members (excludes halogenated alkanes) is 9. The molecule has 0 spiro atoms. The van der Waals surface area contributed by atoms with Crippen molar-refractivity contribution in [3.63, 3.8) is 0 Å². The van der Waals surface area contributed by atoms with Crippen LogP contribution in [0.2, 0.25) is 0 Å². The van der Waals surface area contributed by atoms with Crippen LogP contribution in [-0.4, -0.2) is 72.4 Å². The van der Waals surface area contributed by atoms with Gasteiger partial charge in [-0.15, -0.1) is 0 Å². The van der Waals surface area contributed by atoms with Gasteiger partial charge in [-0.05, 0) is 6.42 Å². The fourth-order valence-corrected chi connectivity index (χ4v) is 2.07. The Balaban J connectivity index is -0.000000133. The number of carboxylic acid groups (broad SMARTS) is 3. The van der Waals surface area contributed by atoms with Gasteiger partial charge in [0.05, 0.1) is 26.2 Å². The summed E-state index contributed by atoms with van der Waals surface area (Å²) in [4.78, 5) is 27.7. The second kappa shape index (κ2) is 33.3. The van der Waals surface area contributed by atoms with E-state index in [9.17, 15) is 27.4 Å². The van der Waals surface area contributed by atoms with Gasteiger partial charge in [-0.2, -0.15) is 0 Å². The molecule has 0 aromatic carbocycles. The van der Waals surface area contributed by atoms with Crippen LogP contribution < -0.4 is 46.8 Å². The van der Waals surface area contributed by atoms with Crippen LogP contribution in [0, 0.1) is 0 Å². The van der Waals surface area contributed by atoms with Gasteiger partial charge in [0, 0.05) is 0 Å². The molecule has 0 atom stereocenters. The standard InChI is InChI=1S/C12H26O4S.3C2H5NO2.Na/c1-2-3-4-5-6-7-8-9-10-11-12-16-17(13,14)15;3*3-1-2(4)5;/h2-12H2,1H3,(H,13,14,15);3*1,3H2,(H,4,5);/q;;;;+1/p-1. The Labute approximate surface area is 218 Å². The maximum atomic E-state index is 10.1. The molecule has 0 unspecified atom stereocenters. The Morgan fingerprint density at radius 1 is 0.697 bits per heavy atom. The van der Waals surface area contributed by atoms with E-state index in [0.29, 0.717) is 6.42 Å². The Hall–Kier alpha value is -0.840. The summed E-state index contributed by atoms with van der Waals surface area (Å²) in [6.07, 6.45) is 11.7. The molecule has 0 saturated heterocycles. The van der Waals surface area contributed by atoms with Crippen LogP contribution >= 0.6 is 0 Å². The van der Waals surface area contributed by atoms with Gasteiger partial charge >= 0.3 is 47.5 Å². The molecular weight excluding hydrogens is 473 g/mol. The summed E-state index contributed by atoms with van der Waals surface area (Å²) in [5, 5.41) is 22.8. The maximum Gasteiger partial charge on any atom is 1.00 e. The van der Waals surface area contributed by atoms with Crippen molar-refractivity contribution >= 4 is 28.3 Å². The van der Waals surface area contributed by atoms with Crippen molar-refractivity contribution in [1.29, 1.82) is 0 Å². The smallest absolute Gasteiger partial charge is 0.726 e. The SMILES string of the molecule is CCCCCCCCCCCCOS(=O)(=O)[O-].NCC(=O)O.NCC(=O)O.NCC(=O)O.[Na+]. The van der Waals surface area contributed by atoms with Gasteiger partial charge in [-0.1, -0.05) is 64.7 Å². The van der Waals surface area contributed by atoms with E-state index in [4.69, 9.17) is 15.3 Å². The average molecular weight is 514 g/mol. The zero-order valence-electron chi connectivity index (χ0n) is 19.7. The predicted octanol–water partition coefficient (Wildman–Crippen LogP) is -2.52. The van der Waals surface area contributed by atoms with E-state index in [1.807, 2.05) is 0 Å². The van der Waals surface area contributed by atoms with Crippen LogP contribution in [0.5, 0.6) is 0 Å². The summed E-state index contributed by atoms with van der Waals surface area (Å²) < 4.78 is 34.5. The number of hydrogen-bond acceptors (Lipinski definition) is 10. The first-order valence-corrected chi connectivity index (χ1v) is 11.6. The molecule has 13 nitrogen and oxygen atoms in total. The van der Waals surface area contributed by atoms with E-state index in [1.54, 1.807) is 0 Å². The molecule has 0 aliphatic rings. The Kier molecular flexibility index (Phi) is 42.8. The largest absolute Gasteiger partial charge is 1.00 e. The van der Waals surface area contributed by atoms with E-state index in [-0.39, 0.29) is 55.8 Å². The summed E-state index contributed by atoms with van der Waals surface area (Å²) >= 11 is 0. The molecule has 0 aliphatic heterocycles. The van der Waals surface area contributed by atoms with Crippen molar-refractivity contribution in [3.05, 3.63) is 0 Å². The molecule has 0 amide bonds. The average Bonchev–Trinajstić information content (AvgIpc) is 2.72. The van der Waals surface area contributed by atoms with Crippen molar-refractivity contribution < 1.29 is 76.4 Å². The molecule has 0 saturated carbocycles. The summed E-state index contributed by atoms with van der Waals surface area (Å²) in [5.41, 5.74) is 13.7. The molecule has 0 rings (SSSR count). The van der Waals surface area contributed by atoms with Gasteiger partial charge in [0.2, 0.25) is 10.4 Å². The number of carbonyl (C=O) groups is 3. The predicted molar refractivity (Wildman–Crippen MR) is 118 cm³/mol. The zero-order chi connectivity index (χ0) is 25.8. The van der Waals surface area contributed by atoms with Gasteiger partial charge in [0.25, 0.3) is 0 Å². The van der Waals surface area contributed by atoms with Crippen LogP contribution in [0.15, 0.2) is 0 Å².